The van der Waals surface area contributed by atoms with Crippen LogP contribution in [-0.2, 0) is 42.7 Å². The number of carboxylic acid groups (broad SMARTS) is 1. The fourth-order valence-corrected chi connectivity index (χ4v) is 9.80. The van der Waals surface area contributed by atoms with Gasteiger partial charge in [-0.15, -0.1) is 0 Å². The Labute approximate surface area is 255 Å². The van der Waals surface area contributed by atoms with Crippen LogP contribution in [0.5, 0.6) is 0 Å². The molecule has 0 radical (unpaired) electrons. The predicted molar refractivity (Wildman–Crippen MR) is 148 cm³/mol. The standard InChI is InChI=1S/C31H32F7NO5S/c1-2-18-3-11-23(12-4-18)45(43,44)28-15-16-39(26(40)19-5-7-20(8-6-19)27(41)42)25(28)14-9-21-17-22(10-13-24(21)28)29(32,30(33,34)35)31(36,37)38/h3-4,10-13,17,19-20,25H,2,5-9,14-16H2,1H3,(H,41,42)/t19-,20-,25?,28?. The lowest BCUT2D eigenvalue weighted by molar-refractivity contribution is -0.348. The Kier molecular flexibility index (Phi) is 8.32. The number of carboxylic acids is 1. The third kappa shape index (κ3) is 5.11. The molecular weight excluding hydrogens is 631 g/mol. The Balaban J connectivity index is 1.62. The fourth-order valence-electron chi connectivity index (χ4n) is 7.43. The van der Waals surface area contributed by atoms with Crippen molar-refractivity contribution < 1.29 is 53.8 Å². The lowest BCUT2D eigenvalue weighted by Crippen LogP contribution is -2.53. The summed E-state index contributed by atoms with van der Waals surface area (Å²) in [6, 6.07) is 6.63. The molecule has 1 N–H and O–H groups in total. The van der Waals surface area contributed by atoms with E-state index in [-0.39, 0.29) is 73.4 Å². The van der Waals surface area contributed by atoms with Crippen LogP contribution in [0.2, 0.25) is 0 Å². The quantitative estimate of drug-likeness (QED) is 0.350. The van der Waals surface area contributed by atoms with Gasteiger partial charge in [-0.25, -0.2) is 12.8 Å². The van der Waals surface area contributed by atoms with Crippen LogP contribution in [0.1, 0.15) is 67.7 Å². The summed E-state index contributed by atoms with van der Waals surface area (Å²) >= 11 is 0. The maximum absolute atomic E-state index is 15.0. The van der Waals surface area contributed by atoms with Crippen LogP contribution in [0.15, 0.2) is 47.4 Å². The monoisotopic (exact) mass is 663 g/mol. The number of benzene rings is 2. The number of hydrogen-bond acceptors (Lipinski definition) is 4. The average Bonchev–Trinajstić information content (AvgIpc) is 3.40. The normalized spacial score (nSPS) is 25.9. The van der Waals surface area contributed by atoms with Crippen molar-refractivity contribution in [1.82, 2.24) is 4.90 Å². The highest BCUT2D eigenvalue weighted by molar-refractivity contribution is 7.92. The molecule has 1 saturated carbocycles. The number of carbonyl (C=O) groups excluding carboxylic acids is 1. The van der Waals surface area contributed by atoms with Gasteiger partial charge in [0.2, 0.25) is 5.91 Å². The summed E-state index contributed by atoms with van der Waals surface area (Å²) in [5.41, 5.74) is -6.76. The lowest BCUT2D eigenvalue weighted by atomic mass is 9.76. The molecule has 2 unspecified atom stereocenters. The van der Waals surface area contributed by atoms with Gasteiger partial charge in [0.15, 0.2) is 9.84 Å². The van der Waals surface area contributed by atoms with Crippen LogP contribution in [0.4, 0.5) is 30.7 Å². The summed E-state index contributed by atoms with van der Waals surface area (Å²) in [7, 11) is -4.43. The highest BCUT2D eigenvalue weighted by Gasteiger charge is 2.74. The molecule has 1 saturated heterocycles. The van der Waals surface area contributed by atoms with Crippen molar-refractivity contribution in [3.63, 3.8) is 0 Å². The Bertz CT molecular complexity index is 1570. The van der Waals surface area contributed by atoms with Crippen molar-refractivity contribution in [3.05, 3.63) is 64.7 Å². The number of alkyl halides is 7. The smallest absolute Gasteiger partial charge is 0.435 e. The Hall–Kier alpha value is -3.16. The van der Waals surface area contributed by atoms with Gasteiger partial charge in [-0.3, -0.25) is 9.59 Å². The molecule has 3 aliphatic rings. The number of aryl methyl sites for hydroxylation is 2. The van der Waals surface area contributed by atoms with E-state index in [2.05, 4.69) is 0 Å². The first-order chi connectivity index (χ1) is 20.9. The van der Waals surface area contributed by atoms with E-state index in [9.17, 15) is 49.5 Å². The Morgan fingerprint density at radius 1 is 0.889 bits per heavy atom. The number of sulfone groups is 1. The highest BCUT2D eigenvalue weighted by Crippen LogP contribution is 2.57. The maximum Gasteiger partial charge on any atom is 0.435 e. The summed E-state index contributed by atoms with van der Waals surface area (Å²) in [4.78, 5) is 26.5. The molecule has 0 aromatic heterocycles. The fraction of sp³-hybridized carbons (Fsp3) is 0.548. The lowest BCUT2D eigenvalue weighted by Gasteiger charge is -2.44. The first-order valence-electron chi connectivity index (χ1n) is 14.7. The number of amides is 1. The number of halogens is 7. The second-order valence-electron chi connectivity index (χ2n) is 12.1. The SMILES string of the molecule is CCc1ccc(S(=O)(=O)C23CCN(C(=O)[C@H]4CC[C@H](C(=O)O)CC4)C2CCc2cc(C(F)(C(F)(F)F)C(F)(F)F)ccc23)cc1. The molecule has 6 nitrogen and oxygen atoms in total. The van der Waals surface area contributed by atoms with Crippen molar-refractivity contribution in [2.45, 2.75) is 92.0 Å². The number of aliphatic carboxylic acids is 1. The summed E-state index contributed by atoms with van der Waals surface area (Å²) in [6.07, 6.45) is -11.4. The molecule has 2 atom stereocenters. The van der Waals surface area contributed by atoms with E-state index in [1.807, 2.05) is 6.92 Å². The zero-order valence-electron chi connectivity index (χ0n) is 24.2. The highest BCUT2D eigenvalue weighted by atomic mass is 32.2. The number of carbonyl (C=O) groups is 2. The van der Waals surface area contributed by atoms with Crippen LogP contribution >= 0.6 is 0 Å². The topological polar surface area (TPSA) is 91.8 Å². The molecule has 2 aromatic rings. The molecule has 1 aliphatic heterocycles. The number of hydrogen-bond donors (Lipinski definition) is 1. The van der Waals surface area contributed by atoms with E-state index < -0.39 is 62.0 Å². The Morgan fingerprint density at radius 2 is 1.47 bits per heavy atom. The molecule has 1 heterocycles. The minimum atomic E-state index is -6.34. The second kappa shape index (κ2) is 11.3. The molecule has 2 aromatic carbocycles. The molecule has 2 fully saturated rings. The zero-order chi connectivity index (χ0) is 33.2. The van der Waals surface area contributed by atoms with Gasteiger partial charge in [0.25, 0.3) is 0 Å². The largest absolute Gasteiger partial charge is 0.481 e. The van der Waals surface area contributed by atoms with Crippen molar-refractivity contribution in [3.8, 4) is 0 Å². The van der Waals surface area contributed by atoms with Crippen molar-refractivity contribution >= 4 is 21.7 Å². The van der Waals surface area contributed by atoms with E-state index in [1.54, 1.807) is 12.1 Å². The number of likely N-dealkylation sites (tertiary alicyclic amines) is 1. The molecule has 14 heteroatoms. The van der Waals surface area contributed by atoms with E-state index >= 15 is 4.39 Å². The molecule has 45 heavy (non-hydrogen) atoms. The van der Waals surface area contributed by atoms with Gasteiger partial charge in [0.05, 0.1) is 16.9 Å². The van der Waals surface area contributed by atoms with Gasteiger partial charge in [-0.1, -0.05) is 37.3 Å². The van der Waals surface area contributed by atoms with E-state index in [0.29, 0.717) is 18.6 Å². The Morgan fingerprint density at radius 3 is 2.00 bits per heavy atom. The van der Waals surface area contributed by atoms with Crippen LogP contribution in [0, 0.1) is 11.8 Å². The van der Waals surface area contributed by atoms with Gasteiger partial charge in [0.1, 0.15) is 4.75 Å². The number of nitrogens with zero attached hydrogens (tertiary/aromatic N) is 1. The van der Waals surface area contributed by atoms with Crippen molar-refractivity contribution in [2.75, 3.05) is 6.54 Å². The zero-order valence-corrected chi connectivity index (χ0v) is 25.0. The van der Waals surface area contributed by atoms with Crippen LogP contribution in [0.3, 0.4) is 0 Å². The summed E-state index contributed by atoms with van der Waals surface area (Å²) in [6.45, 7) is 1.82. The van der Waals surface area contributed by atoms with Gasteiger partial charge >= 0.3 is 24.0 Å². The minimum Gasteiger partial charge on any atom is -0.481 e. The third-order valence-corrected chi connectivity index (χ3v) is 12.4. The van der Waals surface area contributed by atoms with E-state index in [1.165, 1.54) is 17.0 Å². The predicted octanol–water partition coefficient (Wildman–Crippen LogP) is 6.65. The van der Waals surface area contributed by atoms with Crippen molar-refractivity contribution in [2.24, 2.45) is 11.8 Å². The molecule has 246 valence electrons. The van der Waals surface area contributed by atoms with Crippen LogP contribution in [-0.4, -0.2) is 55.2 Å². The number of rotatable bonds is 6. The van der Waals surface area contributed by atoms with Gasteiger partial charge in [0, 0.05) is 18.0 Å². The molecule has 1 amide bonds. The second-order valence-corrected chi connectivity index (χ2v) is 14.3. The van der Waals surface area contributed by atoms with E-state index in [0.717, 1.165) is 11.6 Å². The first-order valence-corrected chi connectivity index (χ1v) is 16.2. The number of fused-ring (bicyclic) bond motifs is 3. The van der Waals surface area contributed by atoms with Crippen LogP contribution in [0.25, 0.3) is 0 Å². The molecule has 2 aliphatic carbocycles. The molecular formula is C31H32F7NO5S. The average molecular weight is 664 g/mol. The molecule has 0 spiro atoms. The minimum absolute atomic E-state index is 0.0476. The molecule has 0 bridgehead atoms. The van der Waals surface area contributed by atoms with Gasteiger partial charge in [-0.05, 0) is 80.2 Å². The van der Waals surface area contributed by atoms with E-state index in [4.69, 9.17) is 0 Å². The third-order valence-electron chi connectivity index (χ3n) is 9.90. The summed E-state index contributed by atoms with van der Waals surface area (Å²) in [5, 5.41) is 9.34. The summed E-state index contributed by atoms with van der Waals surface area (Å²) in [5.74, 6) is -2.47. The van der Waals surface area contributed by atoms with Gasteiger partial charge in [-0.2, -0.15) is 26.3 Å². The summed E-state index contributed by atoms with van der Waals surface area (Å²) < 4.78 is 124. The first kappa shape index (κ1) is 33.2. The maximum atomic E-state index is 15.0. The molecule has 5 rings (SSSR count). The van der Waals surface area contributed by atoms with Crippen LogP contribution < -0.4 is 0 Å². The van der Waals surface area contributed by atoms with Crippen molar-refractivity contribution in [1.29, 1.82) is 0 Å². The van der Waals surface area contributed by atoms with Gasteiger partial charge < -0.3 is 10.0 Å².